The molecule has 1 aromatic rings. The molecule has 1 heterocycles. The van der Waals surface area contributed by atoms with E-state index in [1.54, 1.807) is 29.3 Å². The lowest BCUT2D eigenvalue weighted by Crippen LogP contribution is -2.48. The van der Waals surface area contributed by atoms with Crippen LogP contribution in [0.15, 0.2) is 24.3 Å². The minimum absolute atomic E-state index is 0.0980. The molecule has 1 aliphatic heterocycles. The summed E-state index contributed by atoms with van der Waals surface area (Å²) in [7, 11) is 1.34. The number of rotatable bonds is 5. The molecule has 1 aromatic carbocycles. The molecular weight excluding hydrogens is 260 g/mol. The van der Waals surface area contributed by atoms with Crippen LogP contribution in [0.1, 0.15) is 23.2 Å². The van der Waals surface area contributed by atoms with Gasteiger partial charge < -0.3 is 9.47 Å². The Morgan fingerprint density at radius 3 is 2.75 bits per heavy atom. The molecule has 1 fully saturated rings. The van der Waals surface area contributed by atoms with Crippen LogP contribution in [-0.4, -0.2) is 43.7 Å². The van der Waals surface area contributed by atoms with Gasteiger partial charge >= 0.3 is 5.97 Å². The SMILES string of the molecule is COC(=O)c1ccc(OCCN2NCCCC2=O)cc1. The number of amides is 1. The summed E-state index contributed by atoms with van der Waals surface area (Å²) < 4.78 is 10.2. The molecule has 6 heteroatoms. The van der Waals surface area contributed by atoms with E-state index in [0.717, 1.165) is 13.0 Å². The Morgan fingerprint density at radius 2 is 2.10 bits per heavy atom. The highest BCUT2D eigenvalue weighted by Gasteiger charge is 2.17. The van der Waals surface area contributed by atoms with Gasteiger partial charge in [-0.15, -0.1) is 0 Å². The zero-order chi connectivity index (χ0) is 14.4. The smallest absolute Gasteiger partial charge is 0.337 e. The maximum atomic E-state index is 11.5. The van der Waals surface area contributed by atoms with Crippen LogP contribution in [0.25, 0.3) is 0 Å². The van der Waals surface area contributed by atoms with Gasteiger partial charge in [0, 0.05) is 13.0 Å². The lowest BCUT2D eigenvalue weighted by Gasteiger charge is -2.27. The molecule has 20 heavy (non-hydrogen) atoms. The number of ether oxygens (including phenoxy) is 2. The number of hydrogen-bond acceptors (Lipinski definition) is 5. The van der Waals surface area contributed by atoms with Crippen molar-refractivity contribution in [3.8, 4) is 5.75 Å². The van der Waals surface area contributed by atoms with Gasteiger partial charge in [-0.25, -0.2) is 10.2 Å². The first-order valence-corrected chi connectivity index (χ1v) is 6.56. The van der Waals surface area contributed by atoms with Gasteiger partial charge in [-0.2, -0.15) is 0 Å². The van der Waals surface area contributed by atoms with Gasteiger partial charge in [0.15, 0.2) is 0 Å². The van der Waals surface area contributed by atoms with Crippen molar-refractivity contribution in [2.75, 3.05) is 26.8 Å². The first kappa shape index (κ1) is 14.3. The summed E-state index contributed by atoms with van der Waals surface area (Å²) in [5.74, 6) is 0.377. The number of hydrogen-bond donors (Lipinski definition) is 1. The van der Waals surface area contributed by atoms with E-state index in [0.29, 0.717) is 30.9 Å². The molecule has 6 nitrogen and oxygen atoms in total. The topological polar surface area (TPSA) is 67.9 Å². The Balaban J connectivity index is 1.79. The Morgan fingerprint density at radius 1 is 1.35 bits per heavy atom. The van der Waals surface area contributed by atoms with Crippen molar-refractivity contribution in [1.29, 1.82) is 0 Å². The van der Waals surface area contributed by atoms with Crippen LogP contribution in [0.4, 0.5) is 0 Å². The molecule has 1 N–H and O–H groups in total. The van der Waals surface area contributed by atoms with Gasteiger partial charge in [0.25, 0.3) is 0 Å². The molecular formula is C14H18N2O4. The fraction of sp³-hybridized carbons (Fsp3) is 0.429. The first-order chi connectivity index (χ1) is 9.70. The van der Waals surface area contributed by atoms with E-state index < -0.39 is 0 Å². The van der Waals surface area contributed by atoms with Gasteiger partial charge in [-0.05, 0) is 30.7 Å². The number of carbonyl (C=O) groups excluding carboxylic acids is 2. The molecule has 0 radical (unpaired) electrons. The number of hydrazine groups is 1. The van der Waals surface area contributed by atoms with E-state index in [1.807, 2.05) is 0 Å². The van der Waals surface area contributed by atoms with Gasteiger partial charge in [0.1, 0.15) is 12.4 Å². The highest BCUT2D eigenvalue weighted by molar-refractivity contribution is 5.89. The maximum Gasteiger partial charge on any atom is 0.337 e. The maximum absolute atomic E-state index is 11.5. The molecule has 2 rings (SSSR count). The summed E-state index contributed by atoms with van der Waals surface area (Å²) in [6.45, 7) is 1.72. The lowest BCUT2D eigenvalue weighted by atomic mass is 10.2. The predicted octanol–water partition coefficient (Wildman–Crippen LogP) is 0.979. The van der Waals surface area contributed by atoms with Crippen LogP contribution >= 0.6 is 0 Å². The molecule has 1 saturated heterocycles. The minimum Gasteiger partial charge on any atom is -0.492 e. The Bertz CT molecular complexity index is 473. The summed E-state index contributed by atoms with van der Waals surface area (Å²) in [4.78, 5) is 22.8. The third kappa shape index (κ3) is 3.71. The van der Waals surface area contributed by atoms with E-state index in [-0.39, 0.29) is 11.9 Å². The molecule has 108 valence electrons. The zero-order valence-corrected chi connectivity index (χ0v) is 11.4. The first-order valence-electron chi connectivity index (χ1n) is 6.56. The second-order valence-corrected chi connectivity index (χ2v) is 4.42. The standard InChI is InChI=1S/C14H18N2O4/c1-19-14(18)11-4-6-12(7-5-11)20-10-9-16-13(17)3-2-8-15-16/h4-7,15H,2-3,8-10H2,1H3. The summed E-state index contributed by atoms with van der Waals surface area (Å²) in [6.07, 6.45) is 1.46. The molecule has 0 aromatic heterocycles. The summed E-state index contributed by atoms with van der Waals surface area (Å²) in [6, 6.07) is 6.70. The van der Waals surface area contributed by atoms with Crippen molar-refractivity contribution >= 4 is 11.9 Å². The predicted molar refractivity (Wildman–Crippen MR) is 72.2 cm³/mol. The van der Waals surface area contributed by atoms with Crippen molar-refractivity contribution in [2.24, 2.45) is 0 Å². The molecule has 0 bridgehead atoms. The third-order valence-electron chi connectivity index (χ3n) is 3.03. The fourth-order valence-corrected chi connectivity index (χ4v) is 1.94. The third-order valence-corrected chi connectivity index (χ3v) is 3.03. The highest BCUT2D eigenvalue weighted by atomic mass is 16.5. The average Bonchev–Trinajstić information content (AvgIpc) is 2.49. The van der Waals surface area contributed by atoms with Crippen molar-refractivity contribution in [3.05, 3.63) is 29.8 Å². The Labute approximate surface area is 117 Å². The number of benzene rings is 1. The van der Waals surface area contributed by atoms with E-state index >= 15 is 0 Å². The molecule has 0 saturated carbocycles. The summed E-state index contributed by atoms with van der Waals surface area (Å²) in [5.41, 5.74) is 3.51. The molecule has 0 atom stereocenters. The van der Waals surface area contributed by atoms with E-state index in [4.69, 9.17) is 4.74 Å². The minimum atomic E-state index is -0.375. The van der Waals surface area contributed by atoms with Crippen LogP contribution in [0.5, 0.6) is 5.75 Å². The molecule has 0 spiro atoms. The van der Waals surface area contributed by atoms with Crippen LogP contribution < -0.4 is 10.2 Å². The number of carbonyl (C=O) groups is 2. The Hall–Kier alpha value is -2.08. The largest absolute Gasteiger partial charge is 0.492 e. The molecule has 0 aliphatic carbocycles. The molecule has 0 unspecified atom stereocenters. The highest BCUT2D eigenvalue weighted by Crippen LogP contribution is 2.13. The van der Waals surface area contributed by atoms with Gasteiger partial charge in [0.05, 0.1) is 19.2 Å². The van der Waals surface area contributed by atoms with Crippen LogP contribution in [0.2, 0.25) is 0 Å². The van der Waals surface area contributed by atoms with Crippen LogP contribution in [0.3, 0.4) is 0 Å². The van der Waals surface area contributed by atoms with E-state index in [2.05, 4.69) is 10.2 Å². The van der Waals surface area contributed by atoms with Gasteiger partial charge in [0.2, 0.25) is 5.91 Å². The second kappa shape index (κ2) is 6.91. The number of esters is 1. The Kier molecular flexibility index (Phi) is 4.95. The van der Waals surface area contributed by atoms with Crippen molar-refractivity contribution < 1.29 is 19.1 Å². The van der Waals surface area contributed by atoms with Gasteiger partial charge in [-0.3, -0.25) is 9.80 Å². The monoisotopic (exact) mass is 278 g/mol. The van der Waals surface area contributed by atoms with Crippen LogP contribution in [-0.2, 0) is 9.53 Å². The molecule has 1 amide bonds. The average molecular weight is 278 g/mol. The molecule has 1 aliphatic rings. The van der Waals surface area contributed by atoms with Crippen molar-refractivity contribution in [3.63, 3.8) is 0 Å². The summed E-state index contributed by atoms with van der Waals surface area (Å²) >= 11 is 0. The van der Waals surface area contributed by atoms with E-state index in [9.17, 15) is 9.59 Å². The lowest BCUT2D eigenvalue weighted by molar-refractivity contribution is -0.137. The second-order valence-electron chi connectivity index (χ2n) is 4.42. The van der Waals surface area contributed by atoms with E-state index in [1.165, 1.54) is 7.11 Å². The van der Waals surface area contributed by atoms with Gasteiger partial charge in [-0.1, -0.05) is 0 Å². The van der Waals surface area contributed by atoms with Crippen molar-refractivity contribution in [1.82, 2.24) is 10.4 Å². The number of nitrogens with zero attached hydrogens (tertiary/aromatic N) is 1. The normalized spacial score (nSPS) is 15.1. The van der Waals surface area contributed by atoms with Crippen molar-refractivity contribution in [2.45, 2.75) is 12.8 Å². The number of methoxy groups -OCH3 is 1. The quantitative estimate of drug-likeness (QED) is 0.813. The zero-order valence-electron chi connectivity index (χ0n) is 11.4. The fourth-order valence-electron chi connectivity index (χ4n) is 1.94. The summed E-state index contributed by atoms with van der Waals surface area (Å²) in [5, 5.41) is 1.59. The van der Waals surface area contributed by atoms with Crippen LogP contribution in [0, 0.1) is 0 Å². The number of nitrogens with one attached hydrogen (secondary N) is 1.